The Balaban J connectivity index is 1.39. The lowest BCUT2D eigenvalue weighted by Crippen LogP contribution is -2.40. The van der Waals surface area contributed by atoms with E-state index in [4.69, 9.17) is 4.74 Å². The molecule has 3 aromatic rings. The van der Waals surface area contributed by atoms with Crippen LogP contribution < -0.4 is 4.31 Å². The predicted octanol–water partition coefficient (Wildman–Crippen LogP) is 4.02. The summed E-state index contributed by atoms with van der Waals surface area (Å²) in [5, 5.41) is 0. The van der Waals surface area contributed by atoms with Crippen LogP contribution in [0.5, 0.6) is 0 Å². The molecule has 0 N–H and O–H groups in total. The molecular weight excluding hydrogens is 455 g/mol. The highest BCUT2D eigenvalue weighted by molar-refractivity contribution is 7.93. The molecule has 0 atom stereocenters. The molecule has 0 radical (unpaired) electrons. The first kappa shape index (κ1) is 22.6. The molecule has 0 unspecified atom stereocenters. The van der Waals surface area contributed by atoms with Crippen molar-refractivity contribution in [2.45, 2.75) is 18.2 Å². The summed E-state index contributed by atoms with van der Waals surface area (Å²) < 4.78 is 47.0. The maximum Gasteiger partial charge on any atom is 0.264 e. The lowest BCUT2D eigenvalue weighted by molar-refractivity contribution is 0.0303. The normalized spacial score (nSPS) is 15.9. The van der Waals surface area contributed by atoms with E-state index in [1.165, 1.54) is 16.4 Å². The van der Waals surface area contributed by atoms with E-state index in [2.05, 4.69) is 0 Å². The largest absolute Gasteiger partial charge is 0.378 e. The van der Waals surface area contributed by atoms with E-state index < -0.39 is 15.8 Å². The van der Waals surface area contributed by atoms with Crippen LogP contribution in [-0.4, -0.2) is 52.1 Å². The van der Waals surface area contributed by atoms with Crippen molar-refractivity contribution < 1.29 is 22.3 Å². The topological polar surface area (TPSA) is 66.9 Å². The van der Waals surface area contributed by atoms with E-state index in [-0.39, 0.29) is 10.8 Å². The van der Waals surface area contributed by atoms with Gasteiger partial charge in [0.15, 0.2) is 0 Å². The molecule has 2 aliphatic heterocycles. The molecule has 0 aliphatic carbocycles. The van der Waals surface area contributed by atoms with E-state index in [1.54, 1.807) is 17.9 Å². The van der Waals surface area contributed by atoms with Crippen molar-refractivity contribution in [2.24, 2.45) is 0 Å². The third-order valence-electron chi connectivity index (χ3n) is 6.41. The number of hydrogen-bond donors (Lipinski definition) is 0. The molecule has 0 saturated carbocycles. The number of anilines is 1. The van der Waals surface area contributed by atoms with E-state index in [9.17, 15) is 17.6 Å². The number of hydrogen-bond acceptors (Lipinski definition) is 4. The average Bonchev–Trinajstić information content (AvgIpc) is 3.30. The molecule has 0 spiro atoms. The number of carbonyl (C=O) groups excluding carboxylic acids is 1. The van der Waals surface area contributed by atoms with E-state index in [1.807, 2.05) is 36.4 Å². The Morgan fingerprint density at radius 3 is 2.35 bits per heavy atom. The fourth-order valence-corrected chi connectivity index (χ4v) is 6.27. The Morgan fingerprint density at radius 1 is 0.912 bits per heavy atom. The summed E-state index contributed by atoms with van der Waals surface area (Å²) in [4.78, 5) is 14.5. The zero-order valence-electron chi connectivity index (χ0n) is 18.8. The molecule has 0 aromatic heterocycles. The summed E-state index contributed by atoms with van der Waals surface area (Å²) in [6, 6.07) is 17.0. The second kappa shape index (κ2) is 8.85. The standard InChI is InChI=1S/C26H25FN2O4S/c1-18-2-8-23(27)17-25(18)34(31,32)29-11-10-22-16-21(7-9-24(22)29)19-3-5-20(6-4-19)26(30)28-12-14-33-15-13-28/h2-9,16-17H,10-15H2,1H3. The number of morpholine rings is 1. The second-order valence-corrected chi connectivity index (χ2v) is 10.4. The Bertz CT molecular complexity index is 1350. The first-order valence-electron chi connectivity index (χ1n) is 11.2. The van der Waals surface area contributed by atoms with Crippen LogP contribution in [0.3, 0.4) is 0 Å². The van der Waals surface area contributed by atoms with Gasteiger partial charge >= 0.3 is 0 Å². The quantitative estimate of drug-likeness (QED) is 0.566. The van der Waals surface area contributed by atoms with Gasteiger partial charge in [-0.05, 0) is 72.0 Å². The fraction of sp³-hybridized carbons (Fsp3) is 0.269. The number of aryl methyl sites for hydroxylation is 1. The van der Waals surface area contributed by atoms with Gasteiger partial charge in [0.05, 0.1) is 23.8 Å². The number of fused-ring (bicyclic) bond motifs is 1. The number of halogens is 1. The molecule has 1 fully saturated rings. The van der Waals surface area contributed by atoms with Crippen LogP contribution in [0.4, 0.5) is 10.1 Å². The van der Waals surface area contributed by atoms with E-state index >= 15 is 0 Å². The molecule has 2 aliphatic rings. The van der Waals surface area contributed by atoms with Crippen LogP contribution in [0.25, 0.3) is 11.1 Å². The van der Waals surface area contributed by atoms with Crippen LogP contribution >= 0.6 is 0 Å². The number of rotatable bonds is 4. The molecule has 6 nitrogen and oxygen atoms in total. The third kappa shape index (κ3) is 4.08. The number of benzene rings is 3. The molecule has 5 rings (SSSR count). The van der Waals surface area contributed by atoms with Crippen molar-refractivity contribution >= 4 is 21.6 Å². The second-order valence-electron chi connectivity index (χ2n) is 8.56. The summed E-state index contributed by atoms with van der Waals surface area (Å²) in [6.45, 7) is 4.29. The van der Waals surface area contributed by atoms with Crippen molar-refractivity contribution in [3.05, 3.63) is 83.2 Å². The minimum Gasteiger partial charge on any atom is -0.378 e. The van der Waals surface area contributed by atoms with Crippen LogP contribution in [-0.2, 0) is 21.2 Å². The predicted molar refractivity (Wildman–Crippen MR) is 128 cm³/mol. The number of nitrogens with zero attached hydrogens (tertiary/aromatic N) is 2. The Kier molecular flexibility index (Phi) is 5.87. The summed E-state index contributed by atoms with van der Waals surface area (Å²) in [7, 11) is -3.87. The molecule has 1 saturated heterocycles. The molecule has 0 bridgehead atoms. The molecule has 34 heavy (non-hydrogen) atoms. The van der Waals surface area contributed by atoms with Crippen LogP contribution in [0, 0.1) is 12.7 Å². The third-order valence-corrected chi connectivity index (χ3v) is 8.37. The molecule has 8 heteroatoms. The van der Waals surface area contributed by atoms with Gasteiger partial charge in [-0.3, -0.25) is 9.10 Å². The zero-order chi connectivity index (χ0) is 23.9. The van der Waals surface area contributed by atoms with Gasteiger partial charge in [-0.1, -0.05) is 24.3 Å². The number of ether oxygens (including phenoxy) is 1. The van der Waals surface area contributed by atoms with Gasteiger partial charge in [0.25, 0.3) is 15.9 Å². The SMILES string of the molecule is Cc1ccc(F)cc1S(=O)(=O)N1CCc2cc(-c3ccc(C(=O)N4CCOCC4)cc3)ccc21. The van der Waals surface area contributed by atoms with Crippen LogP contribution in [0.2, 0.25) is 0 Å². The summed E-state index contributed by atoms with van der Waals surface area (Å²) in [5.41, 5.74) is 4.58. The van der Waals surface area contributed by atoms with Crippen molar-refractivity contribution in [3.8, 4) is 11.1 Å². The van der Waals surface area contributed by atoms with Crippen molar-refractivity contribution in [1.82, 2.24) is 4.90 Å². The van der Waals surface area contributed by atoms with Crippen molar-refractivity contribution in [1.29, 1.82) is 0 Å². The van der Waals surface area contributed by atoms with E-state index in [0.29, 0.717) is 56.1 Å². The lowest BCUT2D eigenvalue weighted by atomic mass is 10.0. The summed E-state index contributed by atoms with van der Waals surface area (Å²) >= 11 is 0. The molecule has 1 amide bonds. The van der Waals surface area contributed by atoms with Gasteiger partial charge in [0.1, 0.15) is 5.82 Å². The van der Waals surface area contributed by atoms with Gasteiger partial charge in [-0.25, -0.2) is 12.8 Å². The molecule has 3 aromatic carbocycles. The minimum atomic E-state index is -3.87. The Morgan fingerprint density at radius 2 is 1.62 bits per heavy atom. The molecule has 2 heterocycles. The summed E-state index contributed by atoms with van der Waals surface area (Å²) in [5.74, 6) is -0.577. The van der Waals surface area contributed by atoms with Crippen molar-refractivity contribution in [2.75, 3.05) is 37.2 Å². The van der Waals surface area contributed by atoms with Gasteiger partial charge in [0, 0.05) is 25.2 Å². The van der Waals surface area contributed by atoms with Gasteiger partial charge in [-0.15, -0.1) is 0 Å². The van der Waals surface area contributed by atoms with E-state index in [0.717, 1.165) is 22.8 Å². The highest BCUT2D eigenvalue weighted by atomic mass is 32.2. The fourth-order valence-electron chi connectivity index (χ4n) is 4.53. The van der Waals surface area contributed by atoms with Gasteiger partial charge in [-0.2, -0.15) is 0 Å². The number of amides is 1. The highest BCUT2D eigenvalue weighted by Crippen LogP contribution is 2.36. The maximum atomic E-state index is 13.8. The van der Waals surface area contributed by atoms with Crippen LogP contribution in [0.1, 0.15) is 21.5 Å². The lowest BCUT2D eigenvalue weighted by Gasteiger charge is -2.26. The highest BCUT2D eigenvalue weighted by Gasteiger charge is 2.32. The average molecular weight is 481 g/mol. The summed E-state index contributed by atoms with van der Waals surface area (Å²) in [6.07, 6.45) is 0.574. The van der Waals surface area contributed by atoms with Crippen LogP contribution in [0.15, 0.2) is 65.6 Å². The molecule has 176 valence electrons. The molecular formula is C26H25FN2O4S. The minimum absolute atomic E-state index is 0.00251. The number of sulfonamides is 1. The van der Waals surface area contributed by atoms with Crippen molar-refractivity contribution in [3.63, 3.8) is 0 Å². The number of carbonyl (C=O) groups is 1. The maximum absolute atomic E-state index is 13.8. The Hall–Kier alpha value is -3.23. The first-order chi connectivity index (χ1) is 16.3. The monoisotopic (exact) mass is 480 g/mol. The smallest absolute Gasteiger partial charge is 0.264 e. The first-order valence-corrected chi connectivity index (χ1v) is 12.7. The van der Waals surface area contributed by atoms with Gasteiger partial charge in [0.2, 0.25) is 0 Å². The zero-order valence-corrected chi connectivity index (χ0v) is 19.6. The Labute approximate surface area is 198 Å². The van der Waals surface area contributed by atoms with Gasteiger partial charge < -0.3 is 9.64 Å².